The first kappa shape index (κ1) is 23.9. The summed E-state index contributed by atoms with van der Waals surface area (Å²) in [6.07, 6.45) is 0. The Bertz CT molecular complexity index is 1200. The van der Waals surface area contributed by atoms with E-state index in [2.05, 4.69) is 10.6 Å². The minimum absolute atomic E-state index is 0.00356. The molecule has 0 spiro atoms. The monoisotopic (exact) mass is 481 g/mol. The number of nitrogens with zero attached hydrogens (tertiary/aromatic N) is 1. The fraction of sp³-hybridized carbons (Fsp3) is 0.273. The molecule has 12 heteroatoms. The van der Waals surface area contributed by atoms with E-state index in [0.717, 1.165) is 12.1 Å². The highest BCUT2D eigenvalue weighted by Crippen LogP contribution is 2.35. The molecule has 2 N–H and O–H groups in total. The summed E-state index contributed by atoms with van der Waals surface area (Å²) in [7, 11) is 11.7. The molecule has 7 nitrogen and oxygen atoms in total. The lowest BCUT2D eigenvalue weighted by molar-refractivity contribution is -0.147. The molecule has 4 radical (unpaired) electrons. The van der Waals surface area contributed by atoms with Gasteiger partial charge in [-0.1, -0.05) is 35.9 Å². The van der Waals surface area contributed by atoms with Crippen LogP contribution in [0, 0.1) is 0 Å². The van der Waals surface area contributed by atoms with Crippen molar-refractivity contribution in [1.29, 1.82) is 0 Å². The van der Waals surface area contributed by atoms with Crippen molar-refractivity contribution in [2.45, 2.75) is 36.7 Å². The summed E-state index contributed by atoms with van der Waals surface area (Å²) in [5, 5.41) is 4.57. The van der Waals surface area contributed by atoms with Crippen LogP contribution in [0.3, 0.4) is 0 Å². The van der Waals surface area contributed by atoms with E-state index in [1.54, 1.807) is 6.07 Å². The van der Waals surface area contributed by atoms with Crippen LogP contribution in [0.1, 0.15) is 27.0 Å². The molecule has 4 amide bonds. The summed E-state index contributed by atoms with van der Waals surface area (Å²) < 4.78 is 28.9. The topological polar surface area (TPSA) is 95.6 Å². The Kier molecular flexibility index (Phi) is 6.24. The molecule has 0 saturated carbocycles. The molecule has 2 aromatic carbocycles. The van der Waals surface area contributed by atoms with Gasteiger partial charge >= 0.3 is 5.92 Å². The first-order valence-corrected chi connectivity index (χ1v) is 10.6. The van der Waals surface area contributed by atoms with Crippen LogP contribution < -0.4 is 10.6 Å². The van der Waals surface area contributed by atoms with Crippen LogP contribution in [-0.4, -0.2) is 50.3 Å². The fourth-order valence-electron chi connectivity index (χ4n) is 3.99. The minimum Gasteiger partial charge on any atom is -0.346 e. The Morgan fingerprint density at radius 2 is 1.79 bits per heavy atom. The number of imide groups is 1. The molecule has 1 fully saturated rings. The van der Waals surface area contributed by atoms with E-state index in [0.29, 0.717) is 16.7 Å². The molecule has 3 unspecified atom stereocenters. The molecule has 34 heavy (non-hydrogen) atoms. The highest BCUT2D eigenvalue weighted by atomic mass is 35.5. The molecule has 0 aliphatic carbocycles. The smallest absolute Gasteiger partial charge is 0.346 e. The highest BCUT2D eigenvalue weighted by molar-refractivity contribution is 6.34. The quantitative estimate of drug-likeness (QED) is 0.502. The third kappa shape index (κ3) is 4.20. The third-order valence-corrected chi connectivity index (χ3v) is 6.13. The predicted octanol–water partition coefficient (Wildman–Crippen LogP) is 1.64. The van der Waals surface area contributed by atoms with Gasteiger partial charge in [-0.25, -0.2) is 0 Å². The maximum atomic E-state index is 14.5. The van der Waals surface area contributed by atoms with E-state index in [1.807, 2.05) is 0 Å². The number of halogens is 3. The number of amides is 4. The summed E-state index contributed by atoms with van der Waals surface area (Å²) in [5.41, 5.74) is 0.792. The first-order valence-electron chi connectivity index (χ1n) is 10.2. The molecule has 0 aromatic heterocycles. The van der Waals surface area contributed by atoms with E-state index in [9.17, 15) is 28.0 Å². The third-order valence-electron chi connectivity index (χ3n) is 5.88. The van der Waals surface area contributed by atoms with Gasteiger partial charge < -0.3 is 10.2 Å². The molecule has 2 aliphatic rings. The standard InChI is InChI=1S/C22H16B2ClF2N3O4/c23-15-16(24)18(31)29-19(32)17(15)30-9-11-7-10(1-6-14(11)20(30)33)8-28-21(34)22(26,27)12-2-4-13(25)5-3-12/h1-7,15-17H,8-9H2,(H,28,34)(H,29,31,32). The first-order chi connectivity index (χ1) is 16.0. The lowest BCUT2D eigenvalue weighted by Gasteiger charge is -2.38. The van der Waals surface area contributed by atoms with Crippen LogP contribution in [0.2, 0.25) is 16.7 Å². The highest BCUT2D eigenvalue weighted by Gasteiger charge is 2.45. The summed E-state index contributed by atoms with van der Waals surface area (Å²) in [5.74, 6) is -9.42. The van der Waals surface area contributed by atoms with Crippen molar-refractivity contribution in [3.05, 3.63) is 69.7 Å². The fourth-order valence-corrected chi connectivity index (χ4v) is 4.11. The maximum absolute atomic E-state index is 14.5. The summed E-state index contributed by atoms with van der Waals surface area (Å²) in [6.45, 7) is -0.212. The van der Waals surface area contributed by atoms with Gasteiger partial charge in [-0.3, -0.25) is 24.5 Å². The van der Waals surface area contributed by atoms with Gasteiger partial charge in [-0.05, 0) is 41.0 Å². The van der Waals surface area contributed by atoms with Crippen LogP contribution in [0.4, 0.5) is 8.78 Å². The normalized spacial score (nSPS) is 22.4. The predicted molar refractivity (Wildman–Crippen MR) is 119 cm³/mol. The van der Waals surface area contributed by atoms with Crippen molar-refractivity contribution in [3.63, 3.8) is 0 Å². The van der Waals surface area contributed by atoms with Gasteiger partial charge in [-0.2, -0.15) is 8.78 Å². The molecular weight excluding hydrogens is 465 g/mol. The summed E-state index contributed by atoms with van der Waals surface area (Å²) >= 11 is 5.71. The van der Waals surface area contributed by atoms with Gasteiger partial charge in [0.1, 0.15) is 6.04 Å². The Hall–Kier alpha value is -3.20. The Labute approximate surface area is 201 Å². The van der Waals surface area contributed by atoms with E-state index >= 15 is 0 Å². The number of alkyl halides is 2. The van der Waals surface area contributed by atoms with Crippen LogP contribution in [0.15, 0.2) is 42.5 Å². The summed E-state index contributed by atoms with van der Waals surface area (Å²) in [4.78, 5) is 50.2. The molecule has 4 rings (SSSR count). The zero-order valence-electron chi connectivity index (χ0n) is 17.6. The lowest BCUT2D eigenvalue weighted by atomic mass is 9.60. The van der Waals surface area contributed by atoms with E-state index < -0.39 is 52.8 Å². The van der Waals surface area contributed by atoms with Crippen molar-refractivity contribution < 1.29 is 28.0 Å². The molecule has 170 valence electrons. The van der Waals surface area contributed by atoms with E-state index in [4.69, 9.17) is 27.3 Å². The number of piperidine rings is 1. The Balaban J connectivity index is 1.46. The number of hydrogen-bond donors (Lipinski definition) is 2. The number of nitrogens with one attached hydrogen (secondary N) is 2. The zero-order chi connectivity index (χ0) is 24.8. The molecule has 0 bridgehead atoms. The van der Waals surface area contributed by atoms with Crippen LogP contribution >= 0.6 is 11.6 Å². The largest absolute Gasteiger partial charge is 0.349 e. The number of fused-ring (bicyclic) bond motifs is 1. The Morgan fingerprint density at radius 1 is 1.12 bits per heavy atom. The van der Waals surface area contributed by atoms with Crippen molar-refractivity contribution in [2.24, 2.45) is 0 Å². The average Bonchev–Trinajstić information content (AvgIpc) is 3.11. The van der Waals surface area contributed by atoms with E-state index in [1.165, 1.54) is 29.2 Å². The van der Waals surface area contributed by atoms with Gasteiger partial charge in [0.15, 0.2) is 0 Å². The van der Waals surface area contributed by atoms with Gasteiger partial charge in [0.05, 0.1) is 15.7 Å². The molecular formula is C22H16B2ClF2N3O4. The molecule has 2 aromatic rings. The number of hydrogen-bond acceptors (Lipinski definition) is 4. The molecule has 2 aliphatic heterocycles. The van der Waals surface area contributed by atoms with Gasteiger partial charge in [-0.15, -0.1) is 0 Å². The number of carbonyl (C=O) groups is 4. The maximum Gasteiger partial charge on any atom is 0.349 e. The van der Waals surface area contributed by atoms with Crippen LogP contribution in [-0.2, 0) is 33.4 Å². The molecule has 1 saturated heterocycles. The van der Waals surface area contributed by atoms with Crippen molar-refractivity contribution in [3.8, 4) is 0 Å². The second kappa shape index (κ2) is 8.87. The van der Waals surface area contributed by atoms with E-state index in [-0.39, 0.29) is 18.1 Å². The van der Waals surface area contributed by atoms with Crippen LogP contribution in [0.5, 0.6) is 0 Å². The lowest BCUT2D eigenvalue weighted by Crippen LogP contribution is -2.57. The van der Waals surface area contributed by atoms with Crippen molar-refractivity contribution >= 4 is 50.9 Å². The second-order valence-electron chi connectivity index (χ2n) is 8.09. The van der Waals surface area contributed by atoms with Gasteiger partial charge in [0.2, 0.25) is 11.8 Å². The van der Waals surface area contributed by atoms with Crippen LogP contribution in [0.25, 0.3) is 0 Å². The zero-order valence-corrected chi connectivity index (χ0v) is 18.3. The van der Waals surface area contributed by atoms with Gasteiger partial charge in [0.25, 0.3) is 11.8 Å². The Morgan fingerprint density at radius 3 is 2.47 bits per heavy atom. The van der Waals surface area contributed by atoms with Gasteiger partial charge in [0, 0.05) is 29.2 Å². The number of carbonyl (C=O) groups excluding carboxylic acids is 4. The number of rotatable bonds is 5. The van der Waals surface area contributed by atoms with Crippen molar-refractivity contribution in [1.82, 2.24) is 15.5 Å². The van der Waals surface area contributed by atoms with Crippen molar-refractivity contribution in [2.75, 3.05) is 0 Å². The second-order valence-corrected chi connectivity index (χ2v) is 8.53. The average molecular weight is 481 g/mol. The minimum atomic E-state index is -3.77. The summed E-state index contributed by atoms with van der Waals surface area (Å²) in [6, 6.07) is 8.10. The molecule has 3 atom stereocenters. The number of benzene rings is 2. The SMILES string of the molecule is [B]C1C(=O)NC(=O)C(N2Cc3cc(CNC(=O)C(F)(F)c4ccc(Cl)cc4)ccc3C2=O)C1[B]. The molecule has 2 heterocycles.